The van der Waals surface area contributed by atoms with E-state index in [0.717, 1.165) is 18.2 Å². The first-order valence-corrected chi connectivity index (χ1v) is 12.7. The van der Waals surface area contributed by atoms with E-state index in [4.69, 9.17) is 4.74 Å². The average molecular weight is 523 g/mol. The second-order valence-corrected chi connectivity index (χ2v) is 10.4. The van der Waals surface area contributed by atoms with E-state index in [1.807, 2.05) is 18.7 Å². The second-order valence-electron chi connectivity index (χ2n) is 9.34. The van der Waals surface area contributed by atoms with E-state index in [-0.39, 0.29) is 41.0 Å². The van der Waals surface area contributed by atoms with Gasteiger partial charge < -0.3 is 15.0 Å². The number of rotatable bonds is 3. The highest BCUT2D eigenvalue weighted by Crippen LogP contribution is 2.48. The van der Waals surface area contributed by atoms with Crippen molar-refractivity contribution in [3.63, 3.8) is 0 Å². The van der Waals surface area contributed by atoms with Gasteiger partial charge in [-0.1, -0.05) is 12.1 Å². The molecule has 3 atom stereocenters. The Morgan fingerprint density at radius 2 is 1.89 bits per heavy atom. The van der Waals surface area contributed by atoms with Crippen molar-refractivity contribution in [1.82, 2.24) is 14.9 Å². The van der Waals surface area contributed by atoms with Gasteiger partial charge in [-0.25, -0.2) is 9.18 Å². The average Bonchev–Trinajstić information content (AvgIpc) is 3.03. The minimum atomic E-state index is -4.69. The number of ether oxygens (including phenoxy) is 1. The Morgan fingerprint density at radius 1 is 1.17 bits per heavy atom. The molecule has 0 radical (unpaired) electrons. The summed E-state index contributed by atoms with van der Waals surface area (Å²) in [5, 5.41) is 3.62. The summed E-state index contributed by atoms with van der Waals surface area (Å²) < 4.78 is 64.4. The van der Waals surface area contributed by atoms with E-state index in [2.05, 4.69) is 10.3 Å². The van der Waals surface area contributed by atoms with Crippen LogP contribution in [0, 0.1) is 5.82 Å². The zero-order valence-electron chi connectivity index (χ0n) is 20.0. The molecule has 11 heteroatoms. The molecule has 1 N–H and O–H groups in total. The maximum absolute atomic E-state index is 14.6. The van der Waals surface area contributed by atoms with E-state index in [9.17, 15) is 22.4 Å². The van der Waals surface area contributed by atoms with Gasteiger partial charge in [0.2, 0.25) is 0 Å². The lowest BCUT2D eigenvalue weighted by Gasteiger charge is -2.39. The Labute approximate surface area is 209 Å². The summed E-state index contributed by atoms with van der Waals surface area (Å²) in [6.07, 6.45) is -5.09. The lowest BCUT2D eigenvalue weighted by molar-refractivity contribution is -0.137. The Kier molecular flexibility index (Phi) is 6.50. The summed E-state index contributed by atoms with van der Waals surface area (Å²) in [6, 6.07) is 6.05. The first kappa shape index (κ1) is 25.0. The first-order chi connectivity index (χ1) is 17.1. The molecular weight excluding hydrogens is 496 g/mol. The molecule has 192 valence electrons. The van der Waals surface area contributed by atoms with Gasteiger partial charge in [-0.2, -0.15) is 18.2 Å². The summed E-state index contributed by atoms with van der Waals surface area (Å²) in [5.74, 6) is 0.0516. The highest BCUT2D eigenvalue weighted by molar-refractivity contribution is 7.99. The highest BCUT2D eigenvalue weighted by atomic mass is 32.2. The molecule has 6 nitrogen and oxygen atoms in total. The van der Waals surface area contributed by atoms with Gasteiger partial charge >= 0.3 is 11.9 Å². The SMILES string of the molecule is CO[C@@H]1CSc2c(-c3ccc(F)cc3)c(C(F)(F)F)cc3c(N4C[C@@H](C)NC[C@@H]4C)nc(=O)n(c23)C1. The van der Waals surface area contributed by atoms with Crippen LogP contribution >= 0.6 is 11.8 Å². The Bertz CT molecular complexity index is 1360. The lowest BCUT2D eigenvalue weighted by Crippen LogP contribution is -2.55. The van der Waals surface area contributed by atoms with Crippen LogP contribution in [0.1, 0.15) is 19.4 Å². The molecule has 2 aliphatic rings. The fourth-order valence-electron chi connectivity index (χ4n) is 4.94. The van der Waals surface area contributed by atoms with Crippen LogP contribution < -0.4 is 15.9 Å². The van der Waals surface area contributed by atoms with E-state index in [0.29, 0.717) is 29.3 Å². The summed E-state index contributed by atoms with van der Waals surface area (Å²) in [7, 11) is 1.51. The van der Waals surface area contributed by atoms with Gasteiger partial charge in [0.25, 0.3) is 0 Å². The van der Waals surface area contributed by atoms with E-state index < -0.39 is 29.4 Å². The number of halogens is 4. The molecule has 2 aromatic carbocycles. The van der Waals surface area contributed by atoms with Crippen LogP contribution in [0.15, 0.2) is 40.0 Å². The molecule has 2 aliphatic heterocycles. The number of thioether (sulfide) groups is 1. The number of alkyl halides is 3. The molecule has 0 unspecified atom stereocenters. The molecule has 5 rings (SSSR count). The molecule has 0 spiro atoms. The zero-order valence-corrected chi connectivity index (χ0v) is 20.8. The molecule has 36 heavy (non-hydrogen) atoms. The fraction of sp³-hybridized carbons (Fsp3) is 0.440. The number of benzene rings is 2. The van der Waals surface area contributed by atoms with Crippen molar-refractivity contribution in [1.29, 1.82) is 0 Å². The molecule has 1 fully saturated rings. The molecule has 3 aromatic rings. The van der Waals surface area contributed by atoms with Crippen LogP contribution in [0.3, 0.4) is 0 Å². The van der Waals surface area contributed by atoms with E-state index in [1.165, 1.54) is 35.6 Å². The van der Waals surface area contributed by atoms with Crippen molar-refractivity contribution in [3.05, 3.63) is 52.2 Å². The number of nitrogens with zero attached hydrogens (tertiary/aromatic N) is 3. The minimum Gasteiger partial charge on any atom is -0.379 e. The Balaban J connectivity index is 1.90. The number of aromatic nitrogens is 2. The number of hydrogen-bond donors (Lipinski definition) is 1. The second kappa shape index (κ2) is 9.35. The third-order valence-corrected chi connectivity index (χ3v) is 8.03. The monoisotopic (exact) mass is 522 g/mol. The maximum Gasteiger partial charge on any atom is 0.417 e. The van der Waals surface area contributed by atoms with Crippen LogP contribution in [0.5, 0.6) is 0 Å². The minimum absolute atomic E-state index is 0.0659. The van der Waals surface area contributed by atoms with Crippen LogP contribution in [-0.4, -0.2) is 53.7 Å². The predicted octanol–water partition coefficient (Wildman–Crippen LogP) is 4.53. The van der Waals surface area contributed by atoms with Gasteiger partial charge in [-0.3, -0.25) is 4.57 Å². The molecule has 0 aliphatic carbocycles. The van der Waals surface area contributed by atoms with Gasteiger partial charge in [0.05, 0.1) is 23.7 Å². The molecule has 1 saturated heterocycles. The Morgan fingerprint density at radius 3 is 2.56 bits per heavy atom. The standard InChI is InChI=1S/C25H26F4N4O2S/c1-13-10-32(14(2)9-30-13)23-18-8-19(25(27,28)29)20(15-4-6-16(26)7-5-15)22-21(18)33(24(34)31-23)11-17(35-3)12-36-22/h4-8,13-14,17,30H,9-12H2,1-3H3/t13-,14+,17+/m1/s1. The first-order valence-electron chi connectivity index (χ1n) is 11.7. The third-order valence-electron chi connectivity index (χ3n) is 6.81. The normalized spacial score (nSPS) is 22.6. The fourth-order valence-corrected chi connectivity index (χ4v) is 6.26. The van der Waals surface area contributed by atoms with Crippen molar-refractivity contribution in [3.8, 4) is 11.1 Å². The van der Waals surface area contributed by atoms with Gasteiger partial charge in [0, 0.05) is 53.9 Å². The van der Waals surface area contributed by atoms with Crippen LogP contribution in [-0.2, 0) is 17.5 Å². The zero-order chi connectivity index (χ0) is 25.8. The van der Waals surface area contributed by atoms with Crippen LogP contribution in [0.4, 0.5) is 23.4 Å². The van der Waals surface area contributed by atoms with Gasteiger partial charge in [-0.05, 0) is 37.6 Å². The number of hydrogen-bond acceptors (Lipinski definition) is 6. The van der Waals surface area contributed by atoms with Gasteiger partial charge in [0.15, 0.2) is 0 Å². The predicted molar refractivity (Wildman–Crippen MR) is 132 cm³/mol. The molecule has 3 heterocycles. The number of anilines is 1. The summed E-state index contributed by atoms with van der Waals surface area (Å²) >= 11 is 1.22. The number of methoxy groups -OCH3 is 1. The molecule has 0 bridgehead atoms. The van der Waals surface area contributed by atoms with Crippen molar-refractivity contribution >= 4 is 28.5 Å². The maximum atomic E-state index is 14.6. The summed E-state index contributed by atoms with van der Waals surface area (Å²) in [5.41, 5.74) is -0.815. The topological polar surface area (TPSA) is 59.4 Å². The summed E-state index contributed by atoms with van der Waals surface area (Å²) in [6.45, 7) is 5.21. The molecule has 0 saturated carbocycles. The van der Waals surface area contributed by atoms with Crippen molar-refractivity contribution < 1.29 is 22.3 Å². The quantitative estimate of drug-likeness (QED) is 0.511. The van der Waals surface area contributed by atoms with E-state index in [1.54, 1.807) is 0 Å². The van der Waals surface area contributed by atoms with Gasteiger partial charge in [0.1, 0.15) is 11.6 Å². The number of nitrogens with one attached hydrogen (secondary N) is 1. The van der Waals surface area contributed by atoms with Gasteiger partial charge in [-0.15, -0.1) is 11.8 Å². The molecule has 1 aromatic heterocycles. The van der Waals surface area contributed by atoms with Crippen LogP contribution in [0.25, 0.3) is 22.0 Å². The summed E-state index contributed by atoms with van der Waals surface area (Å²) in [4.78, 5) is 19.9. The third kappa shape index (κ3) is 4.37. The highest BCUT2D eigenvalue weighted by Gasteiger charge is 2.39. The van der Waals surface area contributed by atoms with Crippen molar-refractivity contribution in [2.24, 2.45) is 0 Å². The van der Waals surface area contributed by atoms with Crippen LogP contribution in [0.2, 0.25) is 0 Å². The largest absolute Gasteiger partial charge is 0.417 e. The Hall–Kier alpha value is -2.63. The molecular formula is C25H26F4N4O2S. The smallest absolute Gasteiger partial charge is 0.379 e. The van der Waals surface area contributed by atoms with Crippen molar-refractivity contribution in [2.45, 2.75) is 49.7 Å². The lowest BCUT2D eigenvalue weighted by atomic mass is 9.96. The van der Waals surface area contributed by atoms with Crippen molar-refractivity contribution in [2.75, 3.05) is 30.9 Å². The van der Waals surface area contributed by atoms with E-state index >= 15 is 0 Å². The number of piperazine rings is 1. The molecule has 0 amide bonds.